The van der Waals surface area contributed by atoms with E-state index in [1.54, 1.807) is 24.3 Å². The molecular weight excluding hydrogens is 396 g/mol. The van der Waals surface area contributed by atoms with Crippen LogP contribution in [-0.2, 0) is 6.42 Å². The Labute approximate surface area is 179 Å². The summed E-state index contributed by atoms with van der Waals surface area (Å²) in [5.74, 6) is -0.153. The van der Waals surface area contributed by atoms with Crippen LogP contribution in [0.2, 0.25) is 0 Å². The fourth-order valence-corrected chi connectivity index (χ4v) is 3.19. The van der Waals surface area contributed by atoms with Gasteiger partial charge < -0.3 is 10.1 Å². The van der Waals surface area contributed by atoms with Gasteiger partial charge in [-0.25, -0.2) is 0 Å². The first-order chi connectivity index (χ1) is 15.1. The number of para-hydroxylation sites is 2. The summed E-state index contributed by atoms with van der Waals surface area (Å²) in [6.45, 7) is 0.442. The van der Waals surface area contributed by atoms with E-state index in [-0.39, 0.29) is 16.8 Å². The van der Waals surface area contributed by atoms with E-state index in [1.807, 2.05) is 18.2 Å². The maximum Gasteiger partial charge on any atom is 0.303 e. The van der Waals surface area contributed by atoms with Gasteiger partial charge in [-0.2, -0.15) is 0 Å². The zero-order valence-corrected chi connectivity index (χ0v) is 16.8. The average molecular weight is 418 g/mol. The van der Waals surface area contributed by atoms with Crippen molar-refractivity contribution in [2.45, 2.75) is 19.3 Å². The minimum atomic E-state index is -0.686. The number of aldehydes is 1. The van der Waals surface area contributed by atoms with Gasteiger partial charge in [0.05, 0.1) is 22.7 Å². The number of anilines is 1. The van der Waals surface area contributed by atoms with Gasteiger partial charge in [-0.3, -0.25) is 19.7 Å². The second kappa shape index (κ2) is 10.7. The molecule has 0 unspecified atom stereocenters. The normalized spacial score (nSPS) is 10.3. The number of aryl methyl sites for hydroxylation is 1. The molecule has 0 spiro atoms. The average Bonchev–Trinajstić information content (AvgIpc) is 2.79. The van der Waals surface area contributed by atoms with E-state index >= 15 is 0 Å². The Hall–Kier alpha value is -4.00. The van der Waals surface area contributed by atoms with E-state index in [0.717, 1.165) is 19.3 Å². The molecule has 0 aliphatic rings. The monoisotopic (exact) mass is 418 g/mol. The van der Waals surface area contributed by atoms with E-state index in [0.29, 0.717) is 18.6 Å². The third-order valence-corrected chi connectivity index (χ3v) is 4.72. The van der Waals surface area contributed by atoms with E-state index in [1.165, 1.54) is 23.8 Å². The summed E-state index contributed by atoms with van der Waals surface area (Å²) in [5.41, 5.74) is 0.936. The number of nitro benzene ring substituents is 1. The second-order valence-corrected chi connectivity index (χ2v) is 6.86. The Kier molecular flexibility index (Phi) is 7.48. The van der Waals surface area contributed by atoms with Crippen LogP contribution in [0.5, 0.6) is 5.75 Å². The van der Waals surface area contributed by atoms with Crippen LogP contribution in [0, 0.1) is 10.1 Å². The number of benzene rings is 3. The van der Waals surface area contributed by atoms with Crippen molar-refractivity contribution in [2.75, 3.05) is 11.9 Å². The molecule has 0 aliphatic carbocycles. The SMILES string of the molecule is O=Cc1cccc(NC(=O)c2ccccc2OCCCCc2ccccc2)c1[N+](=O)[O-]. The molecule has 3 rings (SSSR count). The number of nitrogens with zero attached hydrogens (tertiary/aromatic N) is 1. The van der Waals surface area contributed by atoms with Gasteiger partial charge in [-0.05, 0) is 49.1 Å². The van der Waals surface area contributed by atoms with E-state index < -0.39 is 16.5 Å². The highest BCUT2D eigenvalue weighted by atomic mass is 16.6. The Morgan fingerprint density at radius 1 is 0.968 bits per heavy atom. The fourth-order valence-electron chi connectivity index (χ4n) is 3.19. The highest BCUT2D eigenvalue weighted by Gasteiger charge is 2.22. The largest absolute Gasteiger partial charge is 0.493 e. The summed E-state index contributed by atoms with van der Waals surface area (Å²) >= 11 is 0. The molecule has 1 N–H and O–H groups in total. The molecule has 7 nitrogen and oxygen atoms in total. The molecule has 31 heavy (non-hydrogen) atoms. The molecule has 0 bridgehead atoms. The molecule has 0 fully saturated rings. The minimum absolute atomic E-state index is 0.0442. The van der Waals surface area contributed by atoms with Crippen LogP contribution in [0.15, 0.2) is 72.8 Å². The number of rotatable bonds is 10. The first-order valence-electron chi connectivity index (χ1n) is 9.90. The molecule has 1 amide bonds. The Bertz CT molecular complexity index is 1070. The van der Waals surface area contributed by atoms with Gasteiger partial charge in [-0.15, -0.1) is 0 Å². The fraction of sp³-hybridized carbons (Fsp3) is 0.167. The number of nitrogens with one attached hydrogen (secondary N) is 1. The maximum absolute atomic E-state index is 12.8. The van der Waals surface area contributed by atoms with Crippen LogP contribution in [-0.4, -0.2) is 23.7 Å². The van der Waals surface area contributed by atoms with Gasteiger partial charge in [-0.1, -0.05) is 48.5 Å². The number of amides is 1. The minimum Gasteiger partial charge on any atom is -0.493 e. The van der Waals surface area contributed by atoms with Crippen molar-refractivity contribution in [1.82, 2.24) is 0 Å². The van der Waals surface area contributed by atoms with Crippen LogP contribution in [0.1, 0.15) is 39.1 Å². The van der Waals surface area contributed by atoms with Crippen molar-refractivity contribution in [2.24, 2.45) is 0 Å². The predicted molar refractivity (Wildman–Crippen MR) is 118 cm³/mol. The highest BCUT2D eigenvalue weighted by Crippen LogP contribution is 2.29. The third-order valence-electron chi connectivity index (χ3n) is 4.72. The summed E-state index contributed by atoms with van der Waals surface area (Å²) in [6.07, 6.45) is 3.10. The van der Waals surface area contributed by atoms with Crippen LogP contribution < -0.4 is 10.1 Å². The van der Waals surface area contributed by atoms with E-state index in [9.17, 15) is 19.7 Å². The summed E-state index contributed by atoms with van der Waals surface area (Å²) in [5, 5.41) is 13.9. The topological polar surface area (TPSA) is 98.5 Å². The second-order valence-electron chi connectivity index (χ2n) is 6.86. The number of carbonyl (C=O) groups excluding carboxylic acids is 2. The van der Waals surface area contributed by atoms with Crippen LogP contribution >= 0.6 is 0 Å². The molecule has 0 heterocycles. The first kappa shape index (κ1) is 21.7. The Morgan fingerprint density at radius 3 is 2.45 bits per heavy atom. The van der Waals surface area contributed by atoms with Crippen molar-refractivity contribution in [1.29, 1.82) is 0 Å². The number of nitro groups is 1. The van der Waals surface area contributed by atoms with E-state index in [4.69, 9.17) is 4.74 Å². The van der Waals surface area contributed by atoms with Crippen molar-refractivity contribution < 1.29 is 19.2 Å². The molecule has 0 aromatic heterocycles. The number of carbonyl (C=O) groups is 2. The quantitative estimate of drug-likeness (QED) is 0.215. The molecule has 0 radical (unpaired) electrons. The molecule has 7 heteroatoms. The van der Waals surface area contributed by atoms with Gasteiger partial charge >= 0.3 is 5.69 Å². The highest BCUT2D eigenvalue weighted by molar-refractivity contribution is 6.08. The molecule has 0 aliphatic heterocycles. The standard InChI is InChI=1S/C24H22N2O5/c27-17-19-12-8-14-21(23(19)26(29)30)25-24(28)20-13-4-5-15-22(20)31-16-7-6-11-18-9-2-1-3-10-18/h1-5,8-10,12-15,17H,6-7,11,16H2,(H,25,28). The lowest BCUT2D eigenvalue weighted by molar-refractivity contribution is -0.384. The molecule has 0 atom stereocenters. The van der Waals surface area contributed by atoms with Crippen molar-refractivity contribution in [3.05, 3.63) is 99.6 Å². The van der Waals surface area contributed by atoms with Gasteiger partial charge in [0.2, 0.25) is 0 Å². The van der Waals surface area contributed by atoms with Gasteiger partial charge in [0, 0.05) is 0 Å². The predicted octanol–water partition coefficient (Wildman–Crippen LogP) is 5.06. The third kappa shape index (κ3) is 5.76. The van der Waals surface area contributed by atoms with Crippen molar-refractivity contribution in [3.8, 4) is 5.75 Å². The Balaban J connectivity index is 1.64. The molecule has 0 saturated carbocycles. The Morgan fingerprint density at radius 2 is 1.71 bits per heavy atom. The number of unbranched alkanes of at least 4 members (excludes halogenated alkanes) is 1. The lowest BCUT2D eigenvalue weighted by Gasteiger charge is -2.12. The number of hydrogen-bond donors (Lipinski definition) is 1. The summed E-state index contributed by atoms with van der Waals surface area (Å²) in [4.78, 5) is 34.6. The lowest BCUT2D eigenvalue weighted by atomic mass is 10.1. The number of ether oxygens (including phenoxy) is 1. The smallest absolute Gasteiger partial charge is 0.303 e. The zero-order valence-electron chi connectivity index (χ0n) is 16.8. The van der Waals surface area contributed by atoms with Crippen molar-refractivity contribution in [3.63, 3.8) is 0 Å². The summed E-state index contributed by atoms with van der Waals surface area (Å²) in [6, 6.07) is 21.1. The lowest BCUT2D eigenvalue weighted by Crippen LogP contribution is -2.15. The van der Waals surface area contributed by atoms with Crippen LogP contribution in [0.25, 0.3) is 0 Å². The molecule has 0 saturated heterocycles. The number of hydrogen-bond acceptors (Lipinski definition) is 5. The zero-order chi connectivity index (χ0) is 22.1. The van der Waals surface area contributed by atoms with E-state index in [2.05, 4.69) is 17.4 Å². The molecular formula is C24H22N2O5. The first-order valence-corrected chi connectivity index (χ1v) is 9.90. The summed E-state index contributed by atoms with van der Waals surface area (Å²) < 4.78 is 5.81. The summed E-state index contributed by atoms with van der Waals surface area (Å²) in [7, 11) is 0. The van der Waals surface area contributed by atoms with Gasteiger partial charge in [0.15, 0.2) is 6.29 Å². The molecule has 3 aromatic rings. The van der Waals surface area contributed by atoms with Gasteiger partial charge in [0.1, 0.15) is 11.4 Å². The maximum atomic E-state index is 12.8. The van der Waals surface area contributed by atoms with Crippen LogP contribution in [0.4, 0.5) is 11.4 Å². The van der Waals surface area contributed by atoms with Crippen LogP contribution in [0.3, 0.4) is 0 Å². The molecule has 3 aromatic carbocycles. The van der Waals surface area contributed by atoms with Crippen molar-refractivity contribution >= 4 is 23.6 Å². The molecule has 158 valence electrons. The van der Waals surface area contributed by atoms with Gasteiger partial charge in [0.25, 0.3) is 5.91 Å².